The zero-order chi connectivity index (χ0) is 9.84. The summed E-state index contributed by atoms with van der Waals surface area (Å²) in [5.74, 6) is 3.21. The van der Waals surface area contributed by atoms with Gasteiger partial charge in [-0.25, -0.2) is 4.79 Å². The summed E-state index contributed by atoms with van der Waals surface area (Å²) in [5, 5.41) is 0. The Morgan fingerprint density at radius 3 is 2.54 bits per heavy atom. The Morgan fingerprint density at radius 1 is 1.54 bits per heavy atom. The number of carbonyl (C=O) groups excluding carboxylic acids is 1. The third-order valence-electron chi connectivity index (χ3n) is 2.11. The molecule has 0 saturated heterocycles. The second-order valence-electron chi connectivity index (χ2n) is 3.71. The van der Waals surface area contributed by atoms with Crippen LogP contribution in [0.15, 0.2) is 0 Å². The van der Waals surface area contributed by atoms with Gasteiger partial charge in [0, 0.05) is 20.6 Å². The number of hydrogen-bond donors (Lipinski definition) is 0. The number of hydrogen-bond acceptors (Lipinski definition) is 1. The smallest absolute Gasteiger partial charge is 0.320 e. The molecule has 0 aromatic heterocycles. The van der Waals surface area contributed by atoms with Gasteiger partial charge in [0.05, 0.1) is 6.54 Å². The molecule has 3 heteroatoms. The van der Waals surface area contributed by atoms with Gasteiger partial charge in [-0.3, -0.25) is 0 Å². The Labute approximate surface area is 79.7 Å². The lowest BCUT2D eigenvalue weighted by atomic mass is 10.4. The van der Waals surface area contributed by atoms with Crippen molar-refractivity contribution in [2.75, 3.05) is 27.2 Å². The molecule has 1 fully saturated rings. The minimum Gasteiger partial charge on any atom is -0.331 e. The molecular weight excluding hydrogens is 164 g/mol. The van der Waals surface area contributed by atoms with Crippen molar-refractivity contribution in [2.24, 2.45) is 5.92 Å². The van der Waals surface area contributed by atoms with Gasteiger partial charge in [0.2, 0.25) is 0 Å². The third-order valence-corrected chi connectivity index (χ3v) is 2.11. The summed E-state index contributed by atoms with van der Waals surface area (Å²) < 4.78 is 0. The van der Waals surface area contributed by atoms with Crippen LogP contribution in [-0.4, -0.2) is 43.0 Å². The van der Waals surface area contributed by atoms with E-state index in [0.29, 0.717) is 12.5 Å². The molecule has 0 aromatic rings. The zero-order valence-corrected chi connectivity index (χ0v) is 8.29. The summed E-state index contributed by atoms with van der Waals surface area (Å²) in [4.78, 5) is 14.9. The van der Waals surface area contributed by atoms with Crippen molar-refractivity contribution in [3.8, 4) is 12.3 Å². The highest BCUT2D eigenvalue weighted by Gasteiger charge is 2.26. The molecule has 72 valence electrons. The minimum absolute atomic E-state index is 0.0184. The first kappa shape index (κ1) is 9.91. The highest BCUT2D eigenvalue weighted by Crippen LogP contribution is 2.29. The van der Waals surface area contributed by atoms with Crippen LogP contribution in [0.25, 0.3) is 0 Å². The molecule has 2 amide bonds. The molecule has 0 aromatic carbocycles. The van der Waals surface area contributed by atoms with Crippen molar-refractivity contribution in [2.45, 2.75) is 12.8 Å². The molecule has 0 unspecified atom stereocenters. The van der Waals surface area contributed by atoms with Gasteiger partial charge in [0.15, 0.2) is 0 Å². The van der Waals surface area contributed by atoms with Crippen LogP contribution in [0.5, 0.6) is 0 Å². The Hall–Kier alpha value is -1.17. The van der Waals surface area contributed by atoms with Crippen molar-refractivity contribution >= 4 is 6.03 Å². The Balaban J connectivity index is 2.45. The predicted molar refractivity (Wildman–Crippen MR) is 52.2 cm³/mol. The van der Waals surface area contributed by atoms with Gasteiger partial charge in [-0.2, -0.15) is 0 Å². The molecule has 1 aliphatic rings. The van der Waals surface area contributed by atoms with Gasteiger partial charge in [0.25, 0.3) is 0 Å². The molecule has 1 saturated carbocycles. The maximum absolute atomic E-state index is 11.6. The first-order chi connectivity index (χ1) is 6.15. The standard InChI is InChI=1S/C10H16N2O/c1-4-7-12(8-9-5-6-9)10(13)11(2)3/h1,9H,5-8H2,2-3H3. The Kier molecular flexibility index (Phi) is 3.18. The fraction of sp³-hybridized carbons (Fsp3) is 0.700. The first-order valence-electron chi connectivity index (χ1n) is 4.55. The number of terminal acetylenes is 1. The van der Waals surface area contributed by atoms with E-state index >= 15 is 0 Å². The van der Waals surface area contributed by atoms with E-state index in [0.717, 1.165) is 6.54 Å². The molecule has 0 spiro atoms. The van der Waals surface area contributed by atoms with E-state index in [-0.39, 0.29) is 6.03 Å². The molecule has 0 atom stereocenters. The Bertz CT molecular complexity index is 226. The number of rotatable bonds is 3. The van der Waals surface area contributed by atoms with Crippen LogP contribution >= 0.6 is 0 Å². The second kappa shape index (κ2) is 4.18. The quantitative estimate of drug-likeness (QED) is 0.595. The van der Waals surface area contributed by atoms with Crippen molar-refractivity contribution in [1.82, 2.24) is 9.80 Å². The van der Waals surface area contributed by atoms with Crippen molar-refractivity contribution in [3.63, 3.8) is 0 Å². The maximum Gasteiger partial charge on any atom is 0.320 e. The van der Waals surface area contributed by atoms with Crippen molar-refractivity contribution in [1.29, 1.82) is 0 Å². The number of nitrogens with zero attached hydrogens (tertiary/aromatic N) is 2. The van der Waals surface area contributed by atoms with Crippen LogP contribution in [0.3, 0.4) is 0 Å². The van der Waals surface area contributed by atoms with Crippen LogP contribution in [0.4, 0.5) is 4.79 Å². The lowest BCUT2D eigenvalue weighted by Gasteiger charge is -2.23. The van der Waals surface area contributed by atoms with Gasteiger partial charge in [-0.15, -0.1) is 6.42 Å². The molecule has 0 radical (unpaired) electrons. The third kappa shape index (κ3) is 2.98. The SMILES string of the molecule is C#CCN(CC1CC1)C(=O)N(C)C. The van der Waals surface area contributed by atoms with Crippen LogP contribution in [-0.2, 0) is 0 Å². The average Bonchev–Trinajstić information content (AvgIpc) is 2.86. The summed E-state index contributed by atoms with van der Waals surface area (Å²) in [7, 11) is 3.50. The van der Waals surface area contributed by atoms with E-state index in [1.165, 1.54) is 12.8 Å². The molecule has 1 aliphatic carbocycles. The van der Waals surface area contributed by atoms with E-state index in [4.69, 9.17) is 6.42 Å². The van der Waals surface area contributed by atoms with Gasteiger partial charge < -0.3 is 9.80 Å². The van der Waals surface area contributed by atoms with E-state index < -0.39 is 0 Å². The van der Waals surface area contributed by atoms with E-state index in [1.54, 1.807) is 23.9 Å². The number of urea groups is 1. The lowest BCUT2D eigenvalue weighted by molar-refractivity contribution is 0.175. The summed E-state index contributed by atoms with van der Waals surface area (Å²) in [5.41, 5.74) is 0. The van der Waals surface area contributed by atoms with Crippen molar-refractivity contribution in [3.05, 3.63) is 0 Å². The topological polar surface area (TPSA) is 23.6 Å². The van der Waals surface area contributed by atoms with E-state index in [9.17, 15) is 4.79 Å². The molecular formula is C10H16N2O. The van der Waals surface area contributed by atoms with E-state index in [2.05, 4.69) is 5.92 Å². The van der Waals surface area contributed by atoms with Crippen LogP contribution in [0, 0.1) is 18.3 Å². The number of carbonyl (C=O) groups is 1. The van der Waals surface area contributed by atoms with Crippen LogP contribution < -0.4 is 0 Å². The van der Waals surface area contributed by atoms with Crippen LogP contribution in [0.1, 0.15) is 12.8 Å². The van der Waals surface area contributed by atoms with Crippen LogP contribution in [0.2, 0.25) is 0 Å². The lowest BCUT2D eigenvalue weighted by Crippen LogP contribution is -2.40. The predicted octanol–water partition coefficient (Wildman–Crippen LogP) is 1.01. The Morgan fingerprint density at radius 2 is 2.15 bits per heavy atom. The fourth-order valence-corrected chi connectivity index (χ4v) is 1.22. The molecule has 0 bridgehead atoms. The monoisotopic (exact) mass is 180 g/mol. The molecule has 0 heterocycles. The highest BCUT2D eigenvalue weighted by atomic mass is 16.2. The molecule has 1 rings (SSSR count). The highest BCUT2D eigenvalue weighted by molar-refractivity contribution is 5.74. The molecule has 3 nitrogen and oxygen atoms in total. The number of amides is 2. The largest absolute Gasteiger partial charge is 0.331 e. The van der Waals surface area contributed by atoms with Gasteiger partial charge in [-0.1, -0.05) is 5.92 Å². The minimum atomic E-state index is 0.0184. The average molecular weight is 180 g/mol. The molecule has 0 N–H and O–H groups in total. The second-order valence-corrected chi connectivity index (χ2v) is 3.71. The summed E-state index contributed by atoms with van der Waals surface area (Å²) in [6, 6.07) is 0.0184. The summed E-state index contributed by atoms with van der Waals surface area (Å²) in [6.45, 7) is 1.24. The first-order valence-corrected chi connectivity index (χ1v) is 4.55. The fourth-order valence-electron chi connectivity index (χ4n) is 1.22. The normalized spacial score (nSPS) is 14.8. The summed E-state index contributed by atoms with van der Waals surface area (Å²) >= 11 is 0. The maximum atomic E-state index is 11.6. The van der Waals surface area contributed by atoms with Gasteiger partial charge >= 0.3 is 6.03 Å². The van der Waals surface area contributed by atoms with Gasteiger partial charge in [0.1, 0.15) is 0 Å². The van der Waals surface area contributed by atoms with E-state index in [1.807, 2.05) is 0 Å². The molecule has 0 aliphatic heterocycles. The van der Waals surface area contributed by atoms with Crippen molar-refractivity contribution < 1.29 is 4.79 Å². The zero-order valence-electron chi connectivity index (χ0n) is 8.29. The van der Waals surface area contributed by atoms with Gasteiger partial charge in [-0.05, 0) is 18.8 Å². The molecule has 13 heavy (non-hydrogen) atoms. The summed E-state index contributed by atoms with van der Waals surface area (Å²) in [6.07, 6.45) is 7.68.